The van der Waals surface area contributed by atoms with E-state index in [1.54, 1.807) is 11.0 Å². The van der Waals surface area contributed by atoms with Gasteiger partial charge in [0, 0.05) is 31.4 Å². The van der Waals surface area contributed by atoms with Crippen LogP contribution in [0.4, 0.5) is 0 Å². The van der Waals surface area contributed by atoms with Crippen LogP contribution in [-0.2, 0) is 4.79 Å². The van der Waals surface area contributed by atoms with Crippen LogP contribution in [0.5, 0.6) is 11.5 Å². The van der Waals surface area contributed by atoms with Gasteiger partial charge in [-0.25, -0.2) is 4.79 Å². The van der Waals surface area contributed by atoms with E-state index in [0.29, 0.717) is 38.0 Å². The number of nitrogens with one attached hydrogen (secondary N) is 1. The van der Waals surface area contributed by atoms with Crippen molar-refractivity contribution in [3.8, 4) is 11.5 Å². The van der Waals surface area contributed by atoms with Gasteiger partial charge in [-0.3, -0.25) is 4.79 Å². The number of carbonyl (C=O) groups excluding carboxylic acids is 1. The molecule has 1 saturated heterocycles. The lowest BCUT2D eigenvalue weighted by atomic mass is 9.77. The molecule has 0 aromatic heterocycles. The molecule has 2 aliphatic carbocycles. The molecular weight excluding hydrogens is 425 g/mol. The maximum atomic E-state index is 12.7. The van der Waals surface area contributed by atoms with Crippen molar-refractivity contribution in [2.24, 2.45) is 11.7 Å². The molecule has 0 radical (unpaired) electrons. The average Bonchev–Trinajstić information content (AvgIpc) is 3.56. The number of carboxylic acid groups (broad SMARTS) is 1. The van der Waals surface area contributed by atoms with Gasteiger partial charge >= 0.3 is 13.1 Å². The molecular formula is C23H32BN3O6. The SMILES string of the molecule is NCCNC1CCC(CC(=O)N2CC(Oc3ccc4c(c3C(=O)O)OB(O)C3CC43)C2)CC1. The quantitative estimate of drug-likeness (QED) is 0.428. The number of carbonyl (C=O) groups is 2. The second-order valence-corrected chi connectivity index (χ2v) is 9.88. The highest BCUT2D eigenvalue weighted by Crippen LogP contribution is 2.60. The third-order valence-electron chi connectivity index (χ3n) is 7.59. The summed E-state index contributed by atoms with van der Waals surface area (Å²) in [4.78, 5) is 26.4. The first kappa shape index (κ1) is 22.5. The Bertz CT molecular complexity index is 916. The van der Waals surface area contributed by atoms with E-state index in [2.05, 4.69) is 5.32 Å². The van der Waals surface area contributed by atoms with Crippen molar-refractivity contribution in [3.05, 3.63) is 23.3 Å². The summed E-state index contributed by atoms with van der Waals surface area (Å²) < 4.78 is 11.5. The Kier molecular flexibility index (Phi) is 6.24. The topological polar surface area (TPSA) is 134 Å². The monoisotopic (exact) mass is 457 g/mol. The Morgan fingerprint density at radius 2 is 2.00 bits per heavy atom. The van der Waals surface area contributed by atoms with Crippen LogP contribution in [0.2, 0.25) is 5.82 Å². The fourth-order valence-electron chi connectivity index (χ4n) is 5.53. The Balaban J connectivity index is 1.13. The van der Waals surface area contributed by atoms with Gasteiger partial charge in [0.25, 0.3) is 0 Å². The number of carboxylic acids is 1. The number of hydrogen-bond acceptors (Lipinski definition) is 7. The lowest BCUT2D eigenvalue weighted by Crippen LogP contribution is -2.56. The number of fused-ring (bicyclic) bond motifs is 3. The van der Waals surface area contributed by atoms with Gasteiger partial charge in [0.15, 0.2) is 0 Å². The molecule has 178 valence electrons. The lowest BCUT2D eigenvalue weighted by molar-refractivity contribution is -0.141. The van der Waals surface area contributed by atoms with Crippen LogP contribution in [0.1, 0.15) is 60.4 Å². The molecule has 2 heterocycles. The number of likely N-dealkylation sites (tertiary alicyclic amines) is 1. The number of hydrogen-bond donors (Lipinski definition) is 4. The summed E-state index contributed by atoms with van der Waals surface area (Å²) in [5.41, 5.74) is 6.34. The van der Waals surface area contributed by atoms with Gasteiger partial charge in [0.05, 0.1) is 13.1 Å². The minimum absolute atomic E-state index is 0.0401. The highest BCUT2D eigenvalue weighted by atomic mass is 16.5. The van der Waals surface area contributed by atoms with Gasteiger partial charge in [0.2, 0.25) is 5.91 Å². The molecule has 10 heteroatoms. The van der Waals surface area contributed by atoms with E-state index in [1.807, 2.05) is 6.07 Å². The molecule has 2 unspecified atom stereocenters. The summed E-state index contributed by atoms with van der Waals surface area (Å²) in [7, 11) is -0.973. The standard InChI is InChI=1S/C23H32BN3O6/c25-7-8-26-14-3-1-13(2-4-14)9-20(28)27-11-15(12-27)32-19-6-5-16-17-10-18(17)24(31)33-22(16)21(19)23(29)30/h5-6,13-15,17-18,26,31H,1-4,7-12,25H2,(H,29,30). The maximum absolute atomic E-state index is 12.7. The summed E-state index contributed by atoms with van der Waals surface area (Å²) in [6, 6.07) is 4.03. The molecule has 0 spiro atoms. The average molecular weight is 457 g/mol. The Hall–Kier alpha value is -2.30. The van der Waals surface area contributed by atoms with Crippen LogP contribution in [0.15, 0.2) is 12.1 Å². The predicted octanol–water partition coefficient (Wildman–Crippen LogP) is 1.20. The zero-order chi connectivity index (χ0) is 23.1. The third-order valence-corrected chi connectivity index (χ3v) is 7.59. The van der Waals surface area contributed by atoms with Gasteiger partial charge in [-0.1, -0.05) is 6.07 Å². The van der Waals surface area contributed by atoms with Gasteiger partial charge in [-0.05, 0) is 55.6 Å². The summed E-state index contributed by atoms with van der Waals surface area (Å²) in [6.07, 6.45) is 5.38. The molecule has 2 aliphatic heterocycles. The van der Waals surface area contributed by atoms with Crippen molar-refractivity contribution < 1.29 is 29.1 Å². The molecule has 33 heavy (non-hydrogen) atoms. The van der Waals surface area contributed by atoms with Gasteiger partial charge < -0.3 is 35.5 Å². The number of nitrogens with zero attached hydrogens (tertiary/aromatic N) is 1. The minimum atomic E-state index is -1.14. The second kappa shape index (κ2) is 9.16. The molecule has 5 rings (SSSR count). The zero-order valence-corrected chi connectivity index (χ0v) is 18.7. The summed E-state index contributed by atoms with van der Waals surface area (Å²) in [6.45, 7) is 2.39. The van der Waals surface area contributed by atoms with Crippen molar-refractivity contribution in [1.82, 2.24) is 10.2 Å². The van der Waals surface area contributed by atoms with E-state index in [1.165, 1.54) is 0 Å². The molecule has 2 atom stereocenters. The van der Waals surface area contributed by atoms with E-state index in [4.69, 9.17) is 15.1 Å². The highest BCUT2D eigenvalue weighted by molar-refractivity contribution is 6.48. The van der Waals surface area contributed by atoms with Crippen LogP contribution in [0, 0.1) is 5.92 Å². The third kappa shape index (κ3) is 4.56. The van der Waals surface area contributed by atoms with Crippen LogP contribution >= 0.6 is 0 Å². The second-order valence-electron chi connectivity index (χ2n) is 9.88. The van der Waals surface area contributed by atoms with E-state index in [9.17, 15) is 19.7 Å². The number of aromatic carboxylic acids is 1. The Labute approximate surface area is 193 Å². The van der Waals surface area contributed by atoms with Crippen molar-refractivity contribution in [2.45, 2.75) is 62.4 Å². The molecule has 3 fully saturated rings. The van der Waals surface area contributed by atoms with Crippen LogP contribution in [0.25, 0.3) is 0 Å². The first-order chi connectivity index (χ1) is 15.9. The molecule has 2 saturated carbocycles. The predicted molar refractivity (Wildman–Crippen MR) is 122 cm³/mol. The number of amides is 1. The smallest absolute Gasteiger partial charge is 0.526 e. The van der Waals surface area contributed by atoms with Crippen LogP contribution in [0.3, 0.4) is 0 Å². The Morgan fingerprint density at radius 1 is 1.24 bits per heavy atom. The largest absolute Gasteiger partial charge is 0.535 e. The first-order valence-corrected chi connectivity index (χ1v) is 12.1. The molecule has 1 aromatic rings. The van der Waals surface area contributed by atoms with E-state index >= 15 is 0 Å². The molecule has 0 bridgehead atoms. The van der Waals surface area contributed by atoms with Crippen molar-refractivity contribution in [1.29, 1.82) is 0 Å². The Morgan fingerprint density at radius 3 is 2.70 bits per heavy atom. The zero-order valence-electron chi connectivity index (χ0n) is 18.7. The van der Waals surface area contributed by atoms with Crippen LogP contribution in [-0.4, -0.2) is 72.4 Å². The summed E-state index contributed by atoms with van der Waals surface area (Å²) in [5, 5.41) is 23.3. The molecule has 4 aliphatic rings. The van der Waals surface area contributed by atoms with Gasteiger partial charge in [-0.2, -0.15) is 0 Å². The molecule has 5 N–H and O–H groups in total. The van der Waals surface area contributed by atoms with Gasteiger partial charge in [0.1, 0.15) is 23.2 Å². The molecule has 9 nitrogen and oxygen atoms in total. The summed E-state index contributed by atoms with van der Waals surface area (Å²) >= 11 is 0. The number of nitrogens with two attached hydrogens (primary N) is 1. The first-order valence-electron chi connectivity index (χ1n) is 12.1. The van der Waals surface area contributed by atoms with E-state index < -0.39 is 13.1 Å². The fourth-order valence-corrected chi connectivity index (χ4v) is 5.53. The number of ether oxygens (including phenoxy) is 1. The minimum Gasteiger partial charge on any atom is -0.535 e. The van der Waals surface area contributed by atoms with E-state index in [-0.39, 0.29) is 40.8 Å². The summed E-state index contributed by atoms with van der Waals surface area (Å²) in [5.74, 6) is 0.0689. The maximum Gasteiger partial charge on any atom is 0.526 e. The van der Waals surface area contributed by atoms with Crippen molar-refractivity contribution in [3.63, 3.8) is 0 Å². The van der Waals surface area contributed by atoms with Crippen molar-refractivity contribution in [2.75, 3.05) is 26.2 Å². The fraction of sp³-hybridized carbons (Fsp3) is 0.652. The highest BCUT2D eigenvalue weighted by Gasteiger charge is 2.54. The molecule has 1 amide bonds. The van der Waals surface area contributed by atoms with Crippen LogP contribution < -0.4 is 20.4 Å². The lowest BCUT2D eigenvalue weighted by Gasteiger charge is -2.40. The van der Waals surface area contributed by atoms with Crippen molar-refractivity contribution >= 4 is 19.0 Å². The van der Waals surface area contributed by atoms with Gasteiger partial charge in [-0.15, -0.1) is 0 Å². The number of rotatable bonds is 8. The number of benzene rings is 1. The molecule has 1 aromatic carbocycles. The van der Waals surface area contributed by atoms with E-state index in [0.717, 1.165) is 44.2 Å². The normalized spacial score (nSPS) is 28.3.